The number of carbonyl (C=O) groups is 3. The number of carboxylic acid groups (broad SMARTS) is 1. The number of ether oxygens (including phenoxy) is 1. The third-order valence-electron chi connectivity index (χ3n) is 4.98. The van der Waals surface area contributed by atoms with E-state index in [-0.39, 0.29) is 34.3 Å². The number of nitrogens with zero attached hydrogens (tertiary/aromatic N) is 1. The molecule has 3 heterocycles. The number of fused-ring (bicyclic) bond motifs is 1. The molecule has 0 saturated carbocycles. The Morgan fingerprint density at radius 3 is 2.76 bits per heavy atom. The van der Waals surface area contributed by atoms with E-state index in [1.165, 1.54) is 18.2 Å². The number of hydrogen-bond donors (Lipinski definition) is 4. The average Bonchev–Trinajstić information content (AvgIpc) is 3.28. The molecule has 4 rings (SSSR count). The molecule has 1 saturated heterocycles. The highest BCUT2D eigenvalue weighted by Gasteiger charge is 2.32. The van der Waals surface area contributed by atoms with E-state index in [1.807, 2.05) is 0 Å². The number of anilines is 2. The molecule has 1 unspecified atom stereocenters. The summed E-state index contributed by atoms with van der Waals surface area (Å²) < 4.78 is 6.60. The summed E-state index contributed by atoms with van der Waals surface area (Å²) in [6, 6.07) is 5.23. The Morgan fingerprint density at radius 1 is 1.28 bits per heavy atom. The average molecular weight is 398 g/mol. The molecule has 0 radical (unpaired) electrons. The Labute approximate surface area is 164 Å². The number of aromatic nitrogens is 1. The van der Waals surface area contributed by atoms with Crippen LogP contribution in [0.15, 0.2) is 29.1 Å². The van der Waals surface area contributed by atoms with Crippen molar-refractivity contribution in [1.82, 2.24) is 9.88 Å². The Morgan fingerprint density at radius 2 is 2.07 bits per heavy atom. The molecule has 0 aliphatic carbocycles. The van der Waals surface area contributed by atoms with Gasteiger partial charge in [-0.05, 0) is 31.0 Å². The summed E-state index contributed by atoms with van der Waals surface area (Å²) >= 11 is 0. The normalized spacial score (nSPS) is 17.9. The Balaban J connectivity index is 1.85. The smallest absolute Gasteiger partial charge is 0.335 e. The number of nitrogen functional groups attached to an aromatic ring is 1. The van der Waals surface area contributed by atoms with Crippen LogP contribution in [0, 0.1) is 0 Å². The molecule has 1 fully saturated rings. The molecule has 2 aromatic rings. The summed E-state index contributed by atoms with van der Waals surface area (Å²) in [5.41, 5.74) is 5.77. The minimum Gasteiger partial charge on any atom is -0.478 e. The predicted molar refractivity (Wildman–Crippen MR) is 103 cm³/mol. The Hall–Kier alpha value is -3.66. The molecular formula is C19H18N4O6. The lowest BCUT2D eigenvalue weighted by Crippen LogP contribution is -2.26. The third kappa shape index (κ3) is 3.23. The number of aromatic carboxylic acids is 1. The number of pyridine rings is 1. The number of amides is 2. The summed E-state index contributed by atoms with van der Waals surface area (Å²) in [6.45, 7) is 1.13. The summed E-state index contributed by atoms with van der Waals surface area (Å²) in [7, 11) is 0. The van der Waals surface area contributed by atoms with Gasteiger partial charge in [-0.25, -0.2) is 4.79 Å². The van der Waals surface area contributed by atoms with Crippen LogP contribution in [0.4, 0.5) is 11.5 Å². The van der Waals surface area contributed by atoms with Gasteiger partial charge in [-0.2, -0.15) is 0 Å². The van der Waals surface area contributed by atoms with Crippen molar-refractivity contribution in [2.24, 2.45) is 0 Å². The number of benzene rings is 1. The van der Waals surface area contributed by atoms with E-state index >= 15 is 0 Å². The fraction of sp³-hybridized carbons (Fsp3) is 0.263. The first kappa shape index (κ1) is 18.7. The predicted octanol–water partition coefficient (Wildman–Crippen LogP) is 0.592. The number of rotatable bonds is 5. The molecule has 1 atom stereocenters. The van der Waals surface area contributed by atoms with Crippen LogP contribution in [0.25, 0.3) is 5.69 Å². The van der Waals surface area contributed by atoms with Crippen molar-refractivity contribution in [3.63, 3.8) is 0 Å². The topological polar surface area (TPSA) is 153 Å². The zero-order chi connectivity index (χ0) is 20.7. The van der Waals surface area contributed by atoms with Crippen molar-refractivity contribution >= 4 is 29.3 Å². The quantitative estimate of drug-likeness (QED) is 0.534. The van der Waals surface area contributed by atoms with Crippen molar-refractivity contribution in [1.29, 1.82) is 0 Å². The second kappa shape index (κ2) is 7.06. The first-order chi connectivity index (χ1) is 13.9. The molecule has 1 aromatic heterocycles. The van der Waals surface area contributed by atoms with Gasteiger partial charge in [0.05, 0.1) is 34.2 Å². The van der Waals surface area contributed by atoms with Crippen molar-refractivity contribution in [3.8, 4) is 5.69 Å². The lowest BCUT2D eigenvalue weighted by molar-refractivity contribution is 0.0696. The summed E-state index contributed by atoms with van der Waals surface area (Å²) in [4.78, 5) is 48.1. The lowest BCUT2D eigenvalue weighted by atomic mass is 10.1. The van der Waals surface area contributed by atoms with Gasteiger partial charge in [-0.15, -0.1) is 0 Å². The molecule has 10 nitrogen and oxygen atoms in total. The van der Waals surface area contributed by atoms with Crippen LogP contribution in [-0.4, -0.2) is 46.7 Å². The van der Waals surface area contributed by atoms with E-state index in [0.29, 0.717) is 18.8 Å². The molecular weight excluding hydrogens is 380 g/mol. The highest BCUT2D eigenvalue weighted by atomic mass is 16.5. The zero-order valence-corrected chi connectivity index (χ0v) is 15.2. The number of nitrogens with two attached hydrogens (primary N) is 1. The maximum Gasteiger partial charge on any atom is 0.335 e. The van der Waals surface area contributed by atoms with Crippen molar-refractivity contribution in [2.75, 3.05) is 24.2 Å². The zero-order valence-electron chi connectivity index (χ0n) is 15.2. The summed E-state index contributed by atoms with van der Waals surface area (Å²) in [6.07, 6.45) is 1.84. The maximum absolute atomic E-state index is 12.7. The molecule has 1 aromatic carbocycles. The lowest BCUT2D eigenvalue weighted by Gasteiger charge is -2.19. The summed E-state index contributed by atoms with van der Waals surface area (Å²) in [5.74, 6) is -2.83. The van der Waals surface area contributed by atoms with Gasteiger partial charge in [0.1, 0.15) is 5.82 Å². The number of imide groups is 1. The van der Waals surface area contributed by atoms with Gasteiger partial charge in [-0.3, -0.25) is 24.3 Å². The van der Waals surface area contributed by atoms with Gasteiger partial charge in [0.2, 0.25) is 0 Å². The SMILES string of the molecule is Nc1c2c(cc(=O)n1-c1cc(C(=O)O)ccc1NCC1CCCO1)C(=O)NC2=O. The molecule has 2 amide bonds. The summed E-state index contributed by atoms with van der Waals surface area (Å²) in [5, 5.41) is 14.6. The van der Waals surface area contributed by atoms with E-state index in [2.05, 4.69) is 10.6 Å². The monoisotopic (exact) mass is 398 g/mol. The number of carboxylic acids is 1. The maximum atomic E-state index is 12.7. The first-order valence-electron chi connectivity index (χ1n) is 9.01. The van der Waals surface area contributed by atoms with Crippen molar-refractivity contribution in [3.05, 3.63) is 51.3 Å². The second-order valence-electron chi connectivity index (χ2n) is 6.83. The van der Waals surface area contributed by atoms with Crippen LogP contribution < -0.4 is 21.9 Å². The fourth-order valence-electron chi connectivity index (χ4n) is 3.56. The molecule has 2 aliphatic rings. The molecule has 150 valence electrons. The number of nitrogens with one attached hydrogen (secondary N) is 2. The minimum atomic E-state index is -1.18. The molecule has 5 N–H and O–H groups in total. The van der Waals surface area contributed by atoms with Crippen LogP contribution in [0.5, 0.6) is 0 Å². The second-order valence-corrected chi connectivity index (χ2v) is 6.83. The van der Waals surface area contributed by atoms with E-state index in [1.54, 1.807) is 0 Å². The molecule has 10 heteroatoms. The van der Waals surface area contributed by atoms with Crippen LogP contribution in [-0.2, 0) is 4.74 Å². The first-order valence-corrected chi connectivity index (χ1v) is 9.01. The van der Waals surface area contributed by atoms with E-state index in [9.17, 15) is 24.3 Å². The van der Waals surface area contributed by atoms with Gasteiger partial charge in [-0.1, -0.05) is 0 Å². The Bertz CT molecular complexity index is 1100. The number of carbonyl (C=O) groups excluding carboxylic acids is 2. The van der Waals surface area contributed by atoms with Crippen LogP contribution in [0.1, 0.15) is 43.9 Å². The van der Waals surface area contributed by atoms with Gasteiger partial charge < -0.3 is 20.9 Å². The van der Waals surface area contributed by atoms with Gasteiger partial charge in [0.25, 0.3) is 17.4 Å². The standard InChI is InChI=1S/C19H18N4O6/c20-16-15-11(17(25)22-18(15)26)7-14(24)23(16)13-6-9(19(27)28)3-4-12(13)21-8-10-2-1-5-29-10/h3-4,6-7,10,21H,1-2,5,8,20H2,(H,27,28)(H,22,25,26). The largest absolute Gasteiger partial charge is 0.478 e. The van der Waals surface area contributed by atoms with Crippen molar-refractivity contribution in [2.45, 2.75) is 18.9 Å². The molecule has 0 spiro atoms. The Kier molecular flexibility index (Phi) is 4.55. The molecule has 0 bridgehead atoms. The van der Waals surface area contributed by atoms with Gasteiger partial charge in [0.15, 0.2) is 0 Å². The third-order valence-corrected chi connectivity index (χ3v) is 4.98. The van der Waals surface area contributed by atoms with Crippen molar-refractivity contribution < 1.29 is 24.2 Å². The van der Waals surface area contributed by atoms with Gasteiger partial charge >= 0.3 is 5.97 Å². The van der Waals surface area contributed by atoms with E-state index in [4.69, 9.17) is 10.5 Å². The highest BCUT2D eigenvalue weighted by Crippen LogP contribution is 2.28. The van der Waals surface area contributed by atoms with Crippen LogP contribution in [0.3, 0.4) is 0 Å². The fourth-order valence-corrected chi connectivity index (χ4v) is 3.56. The molecule has 29 heavy (non-hydrogen) atoms. The highest BCUT2D eigenvalue weighted by molar-refractivity contribution is 6.23. The minimum absolute atomic E-state index is 0.000473. The van der Waals surface area contributed by atoms with E-state index in [0.717, 1.165) is 23.5 Å². The van der Waals surface area contributed by atoms with E-state index < -0.39 is 23.3 Å². The van der Waals surface area contributed by atoms with Crippen LogP contribution in [0.2, 0.25) is 0 Å². The van der Waals surface area contributed by atoms with Crippen LogP contribution >= 0.6 is 0 Å². The number of hydrogen-bond acceptors (Lipinski definition) is 7. The van der Waals surface area contributed by atoms with Gasteiger partial charge in [0, 0.05) is 19.2 Å². The molecule has 2 aliphatic heterocycles.